The number of piperazine rings is 1. The van der Waals surface area contributed by atoms with Crippen molar-refractivity contribution in [2.45, 2.75) is 6.92 Å². The van der Waals surface area contributed by atoms with Crippen molar-refractivity contribution in [3.8, 4) is 0 Å². The van der Waals surface area contributed by atoms with E-state index in [0.717, 1.165) is 37.0 Å². The number of nitrogens with zero attached hydrogens (tertiary/aromatic N) is 6. The van der Waals surface area contributed by atoms with Crippen LogP contribution in [0.5, 0.6) is 0 Å². The van der Waals surface area contributed by atoms with Gasteiger partial charge in [-0.15, -0.1) is 10.2 Å². The van der Waals surface area contributed by atoms with Crippen molar-refractivity contribution < 1.29 is 4.79 Å². The van der Waals surface area contributed by atoms with E-state index in [1.54, 1.807) is 12.3 Å². The van der Waals surface area contributed by atoms with Gasteiger partial charge in [0.2, 0.25) is 0 Å². The molecule has 0 spiro atoms. The standard InChI is InChI=1S/C22H24N6O/c1-2-28(18-8-4-3-5-9-18)21-12-11-19(24-25-21)22(29)27-16-14-26(15-17-27)20-10-6-7-13-23-20/h3-13H,2,14-17H2,1H3. The van der Waals surface area contributed by atoms with E-state index in [0.29, 0.717) is 18.8 Å². The molecule has 148 valence electrons. The smallest absolute Gasteiger partial charge is 0.274 e. The fourth-order valence-corrected chi connectivity index (χ4v) is 3.51. The van der Waals surface area contributed by atoms with E-state index in [2.05, 4.69) is 31.9 Å². The first kappa shape index (κ1) is 18.9. The molecule has 1 aromatic carbocycles. The molecule has 1 amide bonds. The van der Waals surface area contributed by atoms with Gasteiger partial charge in [0.25, 0.3) is 5.91 Å². The molecule has 0 bridgehead atoms. The quantitative estimate of drug-likeness (QED) is 0.670. The molecule has 0 N–H and O–H groups in total. The normalized spacial score (nSPS) is 14.0. The summed E-state index contributed by atoms with van der Waals surface area (Å²) >= 11 is 0. The minimum Gasteiger partial charge on any atom is -0.353 e. The average Bonchev–Trinajstić information content (AvgIpc) is 2.81. The van der Waals surface area contributed by atoms with Gasteiger partial charge < -0.3 is 14.7 Å². The Morgan fingerprint density at radius 3 is 2.31 bits per heavy atom. The highest BCUT2D eigenvalue weighted by atomic mass is 16.2. The lowest BCUT2D eigenvalue weighted by Crippen LogP contribution is -2.49. The van der Waals surface area contributed by atoms with Gasteiger partial charge in [0.1, 0.15) is 5.82 Å². The second-order valence-corrected chi connectivity index (χ2v) is 6.82. The molecule has 0 unspecified atom stereocenters. The summed E-state index contributed by atoms with van der Waals surface area (Å²) in [5, 5.41) is 8.53. The first-order chi connectivity index (χ1) is 14.3. The van der Waals surface area contributed by atoms with Crippen LogP contribution in [0.15, 0.2) is 66.9 Å². The van der Waals surface area contributed by atoms with Gasteiger partial charge in [0.05, 0.1) is 0 Å². The first-order valence-electron chi connectivity index (χ1n) is 9.88. The van der Waals surface area contributed by atoms with E-state index in [1.807, 2.05) is 59.5 Å². The Morgan fingerprint density at radius 1 is 0.931 bits per heavy atom. The molecule has 1 aliphatic heterocycles. The zero-order chi connectivity index (χ0) is 20.1. The highest BCUT2D eigenvalue weighted by molar-refractivity contribution is 5.92. The maximum Gasteiger partial charge on any atom is 0.274 e. The molecule has 0 atom stereocenters. The van der Waals surface area contributed by atoms with Crippen LogP contribution in [0.1, 0.15) is 17.4 Å². The number of rotatable bonds is 5. The fraction of sp³-hybridized carbons (Fsp3) is 0.273. The van der Waals surface area contributed by atoms with Crippen LogP contribution in [0.2, 0.25) is 0 Å². The van der Waals surface area contributed by atoms with Crippen molar-refractivity contribution >= 4 is 23.2 Å². The Labute approximate surface area is 170 Å². The largest absolute Gasteiger partial charge is 0.353 e. The maximum atomic E-state index is 12.8. The third kappa shape index (κ3) is 4.18. The predicted octanol–water partition coefficient (Wildman–Crippen LogP) is 2.99. The van der Waals surface area contributed by atoms with Gasteiger partial charge in [-0.1, -0.05) is 24.3 Å². The third-order valence-electron chi connectivity index (χ3n) is 5.07. The van der Waals surface area contributed by atoms with Gasteiger partial charge in [-0.3, -0.25) is 4.79 Å². The zero-order valence-corrected chi connectivity index (χ0v) is 16.5. The molecule has 1 aliphatic rings. The van der Waals surface area contributed by atoms with Crippen LogP contribution in [0.3, 0.4) is 0 Å². The van der Waals surface area contributed by atoms with Crippen molar-refractivity contribution in [1.82, 2.24) is 20.1 Å². The molecule has 1 saturated heterocycles. The van der Waals surface area contributed by atoms with Gasteiger partial charge in [-0.2, -0.15) is 0 Å². The van der Waals surface area contributed by atoms with Crippen LogP contribution >= 0.6 is 0 Å². The lowest BCUT2D eigenvalue weighted by Gasteiger charge is -2.35. The van der Waals surface area contributed by atoms with Crippen molar-refractivity contribution in [2.24, 2.45) is 0 Å². The molecule has 1 fully saturated rings. The van der Waals surface area contributed by atoms with Crippen molar-refractivity contribution in [3.05, 3.63) is 72.6 Å². The monoisotopic (exact) mass is 388 g/mol. The number of hydrogen-bond acceptors (Lipinski definition) is 6. The summed E-state index contributed by atoms with van der Waals surface area (Å²) in [5.74, 6) is 1.60. The van der Waals surface area contributed by atoms with Gasteiger partial charge in [0, 0.05) is 44.6 Å². The summed E-state index contributed by atoms with van der Waals surface area (Å²) < 4.78 is 0. The van der Waals surface area contributed by atoms with Crippen LogP contribution in [0.4, 0.5) is 17.3 Å². The van der Waals surface area contributed by atoms with Crippen LogP contribution in [-0.4, -0.2) is 58.7 Å². The lowest BCUT2D eigenvalue weighted by atomic mass is 10.2. The zero-order valence-electron chi connectivity index (χ0n) is 16.5. The molecule has 7 heteroatoms. The van der Waals surface area contributed by atoms with E-state index < -0.39 is 0 Å². The van der Waals surface area contributed by atoms with Crippen LogP contribution in [0, 0.1) is 0 Å². The molecular formula is C22H24N6O. The Bertz CT molecular complexity index is 925. The predicted molar refractivity (Wildman–Crippen MR) is 114 cm³/mol. The average molecular weight is 388 g/mol. The summed E-state index contributed by atoms with van der Waals surface area (Å²) in [7, 11) is 0. The number of carbonyl (C=O) groups is 1. The number of para-hydroxylation sites is 1. The topological polar surface area (TPSA) is 65.5 Å². The summed E-state index contributed by atoms with van der Waals surface area (Å²) in [6.45, 7) is 5.63. The number of anilines is 3. The molecule has 29 heavy (non-hydrogen) atoms. The van der Waals surface area contributed by atoms with E-state index in [1.165, 1.54) is 0 Å². The molecule has 3 aromatic rings. The van der Waals surface area contributed by atoms with Crippen LogP contribution in [-0.2, 0) is 0 Å². The lowest BCUT2D eigenvalue weighted by molar-refractivity contribution is 0.0739. The Morgan fingerprint density at radius 2 is 1.69 bits per heavy atom. The molecule has 7 nitrogen and oxygen atoms in total. The second kappa shape index (κ2) is 8.68. The summed E-state index contributed by atoms with van der Waals surface area (Å²) in [5.41, 5.74) is 1.43. The third-order valence-corrected chi connectivity index (χ3v) is 5.07. The van der Waals surface area contributed by atoms with Crippen molar-refractivity contribution in [2.75, 3.05) is 42.5 Å². The van der Waals surface area contributed by atoms with Crippen molar-refractivity contribution in [3.63, 3.8) is 0 Å². The number of benzene rings is 1. The Kier molecular flexibility index (Phi) is 5.65. The molecule has 2 aromatic heterocycles. The number of aromatic nitrogens is 3. The van der Waals surface area contributed by atoms with Gasteiger partial charge in [-0.25, -0.2) is 4.98 Å². The van der Waals surface area contributed by atoms with E-state index in [9.17, 15) is 4.79 Å². The summed E-state index contributed by atoms with van der Waals surface area (Å²) in [6, 6.07) is 19.5. The minimum absolute atomic E-state index is 0.0764. The number of pyridine rings is 1. The van der Waals surface area contributed by atoms with E-state index in [4.69, 9.17) is 0 Å². The molecule has 0 radical (unpaired) electrons. The van der Waals surface area contributed by atoms with Crippen molar-refractivity contribution in [1.29, 1.82) is 0 Å². The number of hydrogen-bond donors (Lipinski definition) is 0. The van der Waals surface area contributed by atoms with E-state index in [-0.39, 0.29) is 5.91 Å². The molecule has 4 rings (SSSR count). The molecule has 0 aliphatic carbocycles. The highest BCUT2D eigenvalue weighted by Gasteiger charge is 2.24. The van der Waals surface area contributed by atoms with Crippen LogP contribution in [0.25, 0.3) is 0 Å². The number of carbonyl (C=O) groups excluding carboxylic acids is 1. The van der Waals surface area contributed by atoms with Crippen LogP contribution < -0.4 is 9.80 Å². The Hall–Kier alpha value is -3.48. The fourth-order valence-electron chi connectivity index (χ4n) is 3.51. The molecule has 0 saturated carbocycles. The summed E-state index contributed by atoms with van der Waals surface area (Å²) in [4.78, 5) is 23.3. The van der Waals surface area contributed by atoms with E-state index >= 15 is 0 Å². The number of amides is 1. The molecule has 3 heterocycles. The first-order valence-corrected chi connectivity index (χ1v) is 9.88. The maximum absolute atomic E-state index is 12.8. The summed E-state index contributed by atoms with van der Waals surface area (Å²) in [6.07, 6.45) is 1.79. The SMILES string of the molecule is CCN(c1ccccc1)c1ccc(C(=O)N2CCN(c3ccccn3)CC2)nn1. The second-order valence-electron chi connectivity index (χ2n) is 6.82. The van der Waals surface area contributed by atoms with Gasteiger partial charge in [0.15, 0.2) is 11.5 Å². The minimum atomic E-state index is -0.0764. The van der Waals surface area contributed by atoms with Gasteiger partial charge >= 0.3 is 0 Å². The molecular weight excluding hydrogens is 364 g/mol. The Balaban J connectivity index is 1.41. The van der Waals surface area contributed by atoms with Gasteiger partial charge in [-0.05, 0) is 43.3 Å². The highest BCUT2D eigenvalue weighted by Crippen LogP contribution is 2.22.